The largest absolute Gasteiger partial charge is 0.323 e. The van der Waals surface area contributed by atoms with E-state index < -0.39 is 23.4 Å². The summed E-state index contributed by atoms with van der Waals surface area (Å²) in [5.41, 5.74) is 0.477. The van der Waals surface area contributed by atoms with E-state index >= 15 is 0 Å². The van der Waals surface area contributed by atoms with Crippen molar-refractivity contribution >= 4 is 0 Å². The maximum Gasteiger partial charge on any atom is 0.312 e. The fourth-order valence-corrected chi connectivity index (χ4v) is 3.86. The molecule has 3 nitrogen and oxygen atoms in total. The second-order valence-electron chi connectivity index (χ2n) is 7.73. The topological polar surface area (TPSA) is 27.7 Å². The summed E-state index contributed by atoms with van der Waals surface area (Å²) in [6.45, 7) is 3.64. The number of halogens is 3. The molecule has 0 atom stereocenters. The van der Waals surface area contributed by atoms with Gasteiger partial charge in [-0.15, -0.1) is 0 Å². The number of hydrogen-bond acceptors (Lipinski definition) is 3. The van der Waals surface area contributed by atoms with E-state index in [0.717, 1.165) is 43.9 Å². The van der Waals surface area contributed by atoms with Gasteiger partial charge in [0.1, 0.15) is 17.5 Å². The lowest BCUT2D eigenvalue weighted by Crippen LogP contribution is -2.58. The Kier molecular flexibility index (Phi) is 5.21. The summed E-state index contributed by atoms with van der Waals surface area (Å²) in [5, 5.41) is 0. The molecule has 3 fully saturated rings. The Morgan fingerprint density at radius 2 is 1.50 bits per heavy atom. The highest BCUT2D eigenvalue weighted by Gasteiger charge is 2.53. The molecule has 3 saturated heterocycles. The fraction of sp³-hybridized carbons (Fsp3) is 0.455. The molecule has 0 saturated carbocycles. The van der Waals surface area contributed by atoms with E-state index in [4.69, 9.17) is 14.2 Å². The predicted molar refractivity (Wildman–Crippen MR) is 97.9 cm³/mol. The normalized spacial score (nSPS) is 26.6. The van der Waals surface area contributed by atoms with Crippen LogP contribution in [0.25, 0.3) is 11.1 Å². The van der Waals surface area contributed by atoms with Crippen LogP contribution >= 0.6 is 0 Å². The van der Waals surface area contributed by atoms with Crippen molar-refractivity contribution in [2.24, 2.45) is 5.41 Å². The smallest absolute Gasteiger partial charge is 0.312 e. The van der Waals surface area contributed by atoms with Crippen molar-refractivity contribution in [1.82, 2.24) is 0 Å². The highest BCUT2D eigenvalue weighted by molar-refractivity contribution is 5.64. The van der Waals surface area contributed by atoms with Crippen LogP contribution in [0, 0.1) is 22.9 Å². The Morgan fingerprint density at radius 3 is 2.07 bits per heavy atom. The minimum Gasteiger partial charge on any atom is -0.323 e. The molecule has 0 aliphatic carbocycles. The molecule has 2 aromatic rings. The first-order valence-electron chi connectivity index (χ1n) is 9.64. The molecule has 6 heteroatoms. The monoisotopic (exact) mass is 392 g/mol. The lowest BCUT2D eigenvalue weighted by molar-refractivity contribution is -0.480. The summed E-state index contributed by atoms with van der Waals surface area (Å²) in [7, 11) is 0. The van der Waals surface area contributed by atoms with E-state index in [0.29, 0.717) is 25.4 Å². The standard InChI is InChI=1S/C22H23F3O3/c1-2-3-4-7-21-12-26-22(27-13-21,28-14-21)16-5-6-19(20(25)10-16)15-8-17(23)11-18(24)9-15/h5-6,8-11H,2-4,7,12-14H2,1H3. The molecule has 5 rings (SSSR count). The van der Waals surface area contributed by atoms with E-state index in [9.17, 15) is 13.2 Å². The van der Waals surface area contributed by atoms with E-state index in [1.54, 1.807) is 6.07 Å². The molecule has 3 aliphatic rings. The average Bonchev–Trinajstić information content (AvgIpc) is 2.69. The molecule has 2 bridgehead atoms. The molecule has 28 heavy (non-hydrogen) atoms. The number of rotatable bonds is 6. The van der Waals surface area contributed by atoms with Gasteiger partial charge in [-0.3, -0.25) is 0 Å². The first-order chi connectivity index (χ1) is 13.5. The van der Waals surface area contributed by atoms with Gasteiger partial charge in [0.2, 0.25) is 0 Å². The van der Waals surface area contributed by atoms with Crippen molar-refractivity contribution in [3.05, 3.63) is 59.4 Å². The van der Waals surface area contributed by atoms with Gasteiger partial charge in [0.15, 0.2) is 0 Å². The highest BCUT2D eigenvalue weighted by atomic mass is 19.1. The molecule has 0 unspecified atom stereocenters. The highest BCUT2D eigenvalue weighted by Crippen LogP contribution is 2.47. The van der Waals surface area contributed by atoms with Crippen molar-refractivity contribution < 1.29 is 27.4 Å². The number of benzene rings is 2. The van der Waals surface area contributed by atoms with Crippen molar-refractivity contribution in [3.63, 3.8) is 0 Å². The van der Waals surface area contributed by atoms with E-state index in [-0.39, 0.29) is 16.5 Å². The van der Waals surface area contributed by atoms with Gasteiger partial charge in [0, 0.05) is 22.6 Å². The van der Waals surface area contributed by atoms with Gasteiger partial charge >= 0.3 is 5.97 Å². The van der Waals surface area contributed by atoms with E-state index in [1.165, 1.54) is 12.1 Å². The Balaban J connectivity index is 1.54. The minimum absolute atomic E-state index is 0.0964. The fourth-order valence-electron chi connectivity index (χ4n) is 3.86. The van der Waals surface area contributed by atoms with Gasteiger partial charge in [0.05, 0.1) is 19.8 Å². The Bertz CT molecular complexity index is 823. The predicted octanol–water partition coefficient (Wildman–Crippen LogP) is 5.52. The summed E-state index contributed by atoms with van der Waals surface area (Å²) in [6, 6.07) is 7.25. The summed E-state index contributed by atoms with van der Waals surface area (Å²) < 4.78 is 59.3. The van der Waals surface area contributed by atoms with Gasteiger partial charge in [-0.05, 0) is 30.2 Å². The molecule has 0 amide bonds. The van der Waals surface area contributed by atoms with Gasteiger partial charge < -0.3 is 14.2 Å². The molecule has 3 heterocycles. The lowest BCUT2D eigenvalue weighted by atomic mass is 9.82. The molecule has 2 aromatic carbocycles. The van der Waals surface area contributed by atoms with Gasteiger partial charge in [-0.25, -0.2) is 13.2 Å². The Morgan fingerprint density at radius 1 is 0.857 bits per heavy atom. The first-order valence-corrected chi connectivity index (χ1v) is 9.64. The van der Waals surface area contributed by atoms with Crippen LogP contribution in [-0.4, -0.2) is 19.8 Å². The third-order valence-corrected chi connectivity index (χ3v) is 5.51. The van der Waals surface area contributed by atoms with E-state index in [2.05, 4.69) is 6.92 Å². The van der Waals surface area contributed by atoms with Crippen molar-refractivity contribution in [3.8, 4) is 11.1 Å². The number of fused-ring (bicyclic) bond motifs is 3. The first kappa shape index (κ1) is 19.4. The average molecular weight is 392 g/mol. The SMILES string of the molecule is CCCCCC12COC(c3ccc(-c4cc(F)cc(F)c4)c(F)c3)(OC1)OC2. The van der Waals surface area contributed by atoms with Gasteiger partial charge in [0.25, 0.3) is 0 Å². The van der Waals surface area contributed by atoms with Crippen molar-refractivity contribution in [1.29, 1.82) is 0 Å². The summed E-state index contributed by atoms with van der Waals surface area (Å²) in [5.74, 6) is -3.56. The van der Waals surface area contributed by atoms with Crippen molar-refractivity contribution in [2.45, 2.75) is 38.6 Å². The molecule has 0 N–H and O–H groups in total. The minimum atomic E-state index is -1.42. The van der Waals surface area contributed by atoms with Gasteiger partial charge in [-0.2, -0.15) is 0 Å². The third kappa shape index (κ3) is 3.56. The van der Waals surface area contributed by atoms with Crippen LogP contribution in [0.3, 0.4) is 0 Å². The Labute approximate surface area is 162 Å². The van der Waals surface area contributed by atoms with Crippen LogP contribution in [0.1, 0.15) is 38.2 Å². The zero-order chi connectivity index (χ0) is 19.8. The molecular weight excluding hydrogens is 369 g/mol. The molecule has 0 radical (unpaired) electrons. The molecular formula is C22H23F3O3. The van der Waals surface area contributed by atoms with Crippen LogP contribution in [0.4, 0.5) is 13.2 Å². The summed E-state index contributed by atoms with van der Waals surface area (Å²) in [4.78, 5) is 0. The quantitative estimate of drug-likeness (QED) is 0.606. The zero-order valence-corrected chi connectivity index (χ0v) is 15.8. The van der Waals surface area contributed by atoms with Gasteiger partial charge in [-0.1, -0.05) is 38.3 Å². The summed E-state index contributed by atoms with van der Waals surface area (Å²) in [6.07, 6.45) is 4.35. The number of hydrogen-bond donors (Lipinski definition) is 0. The summed E-state index contributed by atoms with van der Waals surface area (Å²) >= 11 is 0. The molecule has 0 spiro atoms. The molecule has 150 valence electrons. The second-order valence-corrected chi connectivity index (χ2v) is 7.73. The second kappa shape index (κ2) is 7.50. The number of ether oxygens (including phenoxy) is 3. The third-order valence-electron chi connectivity index (χ3n) is 5.51. The molecule has 3 aliphatic heterocycles. The van der Waals surface area contributed by atoms with Crippen LogP contribution in [0.5, 0.6) is 0 Å². The maximum atomic E-state index is 14.7. The van der Waals surface area contributed by atoms with Crippen LogP contribution in [-0.2, 0) is 20.2 Å². The zero-order valence-electron chi connectivity index (χ0n) is 15.8. The Hall–Kier alpha value is -1.89. The van der Waals surface area contributed by atoms with Crippen LogP contribution in [0.15, 0.2) is 36.4 Å². The maximum absolute atomic E-state index is 14.7. The lowest BCUT2D eigenvalue weighted by Gasteiger charge is -2.52. The molecule has 0 aromatic heterocycles. The van der Waals surface area contributed by atoms with E-state index in [1.807, 2.05) is 0 Å². The van der Waals surface area contributed by atoms with Crippen LogP contribution < -0.4 is 0 Å². The van der Waals surface area contributed by atoms with Crippen LogP contribution in [0.2, 0.25) is 0 Å². The van der Waals surface area contributed by atoms with Crippen molar-refractivity contribution in [2.75, 3.05) is 19.8 Å². The number of unbranched alkanes of at least 4 members (excludes halogenated alkanes) is 2.